The molecule has 1 fully saturated rings. The summed E-state index contributed by atoms with van der Waals surface area (Å²) in [7, 11) is 1.90. The lowest BCUT2D eigenvalue weighted by Crippen LogP contribution is -2.47. The predicted octanol–water partition coefficient (Wildman–Crippen LogP) is 3.61. The maximum atomic E-state index is 12.9. The summed E-state index contributed by atoms with van der Waals surface area (Å²) >= 11 is 1.49. The summed E-state index contributed by atoms with van der Waals surface area (Å²) in [6, 6.07) is 8.17. The highest BCUT2D eigenvalue weighted by Gasteiger charge is 2.21. The van der Waals surface area contributed by atoms with Crippen molar-refractivity contribution in [1.29, 1.82) is 0 Å². The van der Waals surface area contributed by atoms with Gasteiger partial charge >= 0.3 is 0 Å². The number of nitrogens with zero attached hydrogens (tertiary/aromatic N) is 6. The van der Waals surface area contributed by atoms with Crippen molar-refractivity contribution in [3.05, 3.63) is 59.6 Å². The van der Waals surface area contributed by atoms with E-state index >= 15 is 0 Å². The maximum absolute atomic E-state index is 12.9. The standard InChI is InChI=1S/C24H25FN6OS/c1-29-15-20(14-27-29)17-2-3-18-13-26-21(11-19(18)10-17)12-23(32)22-16-33-24(28-22)31-8-6-30(5-4-25)7-9-31/h2-3,10-11,13-16H,4-9,12H2,1H3. The van der Waals surface area contributed by atoms with Crippen LogP contribution in [-0.4, -0.2) is 69.8 Å². The number of aromatic nitrogens is 4. The van der Waals surface area contributed by atoms with Gasteiger partial charge < -0.3 is 4.90 Å². The first kappa shape index (κ1) is 21.7. The van der Waals surface area contributed by atoms with Crippen LogP contribution in [0.25, 0.3) is 21.9 Å². The van der Waals surface area contributed by atoms with E-state index in [1.165, 1.54) is 11.3 Å². The second-order valence-corrected chi connectivity index (χ2v) is 9.11. The van der Waals surface area contributed by atoms with Crippen LogP contribution in [0.15, 0.2) is 48.2 Å². The van der Waals surface area contributed by atoms with Gasteiger partial charge in [-0.1, -0.05) is 12.1 Å². The van der Waals surface area contributed by atoms with Crippen LogP contribution in [0, 0.1) is 0 Å². The molecule has 0 unspecified atom stereocenters. The van der Waals surface area contributed by atoms with Gasteiger partial charge in [-0.15, -0.1) is 11.3 Å². The largest absolute Gasteiger partial charge is 0.346 e. The summed E-state index contributed by atoms with van der Waals surface area (Å²) in [6.45, 7) is 3.39. The molecule has 33 heavy (non-hydrogen) atoms. The number of anilines is 1. The Morgan fingerprint density at radius 2 is 1.94 bits per heavy atom. The Labute approximate surface area is 195 Å². The molecule has 0 aliphatic carbocycles. The fourth-order valence-electron chi connectivity index (χ4n) is 4.11. The Morgan fingerprint density at radius 3 is 2.70 bits per heavy atom. The Morgan fingerprint density at radius 1 is 1.09 bits per heavy atom. The summed E-state index contributed by atoms with van der Waals surface area (Å²) in [5.41, 5.74) is 3.33. The zero-order valence-electron chi connectivity index (χ0n) is 18.4. The lowest BCUT2D eigenvalue weighted by atomic mass is 10.0. The fraction of sp³-hybridized carbons (Fsp3) is 0.333. The molecule has 3 aromatic heterocycles. The molecule has 4 heterocycles. The van der Waals surface area contributed by atoms with Crippen molar-refractivity contribution in [2.75, 3.05) is 44.3 Å². The Balaban J connectivity index is 1.28. The van der Waals surface area contributed by atoms with Crippen LogP contribution in [0.2, 0.25) is 0 Å². The van der Waals surface area contributed by atoms with Gasteiger partial charge in [0.15, 0.2) is 10.9 Å². The number of pyridine rings is 1. The Bertz CT molecular complexity index is 1280. The van der Waals surface area contributed by atoms with Crippen LogP contribution in [-0.2, 0) is 13.5 Å². The summed E-state index contributed by atoms with van der Waals surface area (Å²) in [5, 5.41) is 8.99. The molecule has 9 heteroatoms. The number of Topliss-reactive ketones (excluding diaryl/α,β-unsaturated/α-hetero) is 1. The van der Waals surface area contributed by atoms with Crippen LogP contribution in [0.4, 0.5) is 9.52 Å². The number of piperazine rings is 1. The van der Waals surface area contributed by atoms with Gasteiger partial charge in [-0.3, -0.25) is 19.4 Å². The van der Waals surface area contributed by atoms with E-state index in [4.69, 9.17) is 0 Å². The van der Waals surface area contributed by atoms with E-state index in [0.717, 1.165) is 58.9 Å². The van der Waals surface area contributed by atoms with Gasteiger partial charge in [0.05, 0.1) is 12.6 Å². The molecule has 1 aromatic carbocycles. The molecule has 4 aromatic rings. The van der Waals surface area contributed by atoms with Gasteiger partial charge in [0.25, 0.3) is 0 Å². The predicted molar refractivity (Wildman–Crippen MR) is 129 cm³/mol. The fourth-order valence-corrected chi connectivity index (χ4v) is 4.99. The average Bonchev–Trinajstić information content (AvgIpc) is 3.49. The van der Waals surface area contributed by atoms with E-state index in [0.29, 0.717) is 12.2 Å². The molecule has 0 spiro atoms. The molecule has 0 atom stereocenters. The first-order chi connectivity index (χ1) is 16.1. The highest BCUT2D eigenvalue weighted by molar-refractivity contribution is 7.13. The molecular weight excluding hydrogens is 439 g/mol. The highest BCUT2D eigenvalue weighted by atomic mass is 32.1. The van der Waals surface area contributed by atoms with E-state index in [-0.39, 0.29) is 18.9 Å². The molecule has 0 saturated carbocycles. The van der Waals surface area contributed by atoms with Gasteiger partial charge in [0.2, 0.25) is 0 Å². The molecule has 0 N–H and O–H groups in total. The number of fused-ring (bicyclic) bond motifs is 1. The van der Waals surface area contributed by atoms with Gasteiger partial charge in [0.1, 0.15) is 12.4 Å². The summed E-state index contributed by atoms with van der Waals surface area (Å²) in [4.78, 5) is 26.3. The summed E-state index contributed by atoms with van der Waals surface area (Å²) in [6.07, 6.45) is 5.84. The number of aryl methyl sites for hydroxylation is 1. The number of ketones is 1. The van der Waals surface area contributed by atoms with Crippen LogP contribution in [0.3, 0.4) is 0 Å². The van der Waals surface area contributed by atoms with Gasteiger partial charge in [-0.25, -0.2) is 9.37 Å². The molecule has 170 valence electrons. The second-order valence-electron chi connectivity index (χ2n) is 8.27. The number of carbonyl (C=O) groups excluding carboxylic acids is 1. The van der Waals surface area contributed by atoms with Gasteiger partial charge in [-0.05, 0) is 23.1 Å². The smallest absolute Gasteiger partial charge is 0.188 e. The van der Waals surface area contributed by atoms with Gasteiger partial charge in [0, 0.05) is 74.2 Å². The summed E-state index contributed by atoms with van der Waals surface area (Å²) in [5.74, 6) is -0.0381. The van der Waals surface area contributed by atoms with Gasteiger partial charge in [-0.2, -0.15) is 5.10 Å². The quantitative estimate of drug-likeness (QED) is 0.389. The molecule has 1 saturated heterocycles. The third-order valence-corrected chi connectivity index (χ3v) is 6.88. The zero-order valence-corrected chi connectivity index (χ0v) is 19.3. The number of hydrogen-bond acceptors (Lipinski definition) is 7. The first-order valence-electron chi connectivity index (χ1n) is 11.0. The average molecular weight is 465 g/mol. The first-order valence-corrected chi connectivity index (χ1v) is 11.9. The van der Waals surface area contributed by atoms with Crippen LogP contribution >= 0.6 is 11.3 Å². The lowest BCUT2D eigenvalue weighted by molar-refractivity contribution is 0.0988. The number of halogens is 1. The molecule has 5 rings (SSSR count). The van der Waals surface area contributed by atoms with Crippen molar-refractivity contribution in [1.82, 2.24) is 24.6 Å². The molecular formula is C24H25FN6OS. The Kier molecular flexibility index (Phi) is 6.15. The minimum absolute atomic E-state index is 0.0381. The lowest BCUT2D eigenvalue weighted by Gasteiger charge is -2.33. The molecule has 0 radical (unpaired) electrons. The maximum Gasteiger partial charge on any atom is 0.188 e. The van der Waals surface area contributed by atoms with Crippen molar-refractivity contribution in [3.63, 3.8) is 0 Å². The van der Waals surface area contributed by atoms with Crippen molar-refractivity contribution in [2.24, 2.45) is 7.05 Å². The minimum Gasteiger partial charge on any atom is -0.346 e. The van der Waals surface area contributed by atoms with Crippen molar-refractivity contribution >= 4 is 33.0 Å². The topological polar surface area (TPSA) is 67.2 Å². The second kappa shape index (κ2) is 9.36. The highest BCUT2D eigenvalue weighted by Crippen LogP contribution is 2.25. The van der Waals surface area contributed by atoms with E-state index < -0.39 is 0 Å². The third kappa shape index (κ3) is 4.79. The van der Waals surface area contributed by atoms with Crippen LogP contribution in [0.1, 0.15) is 16.2 Å². The van der Waals surface area contributed by atoms with E-state index in [2.05, 4.69) is 37.0 Å². The van der Waals surface area contributed by atoms with Crippen LogP contribution in [0.5, 0.6) is 0 Å². The number of rotatable bonds is 7. The van der Waals surface area contributed by atoms with Crippen molar-refractivity contribution in [2.45, 2.75) is 6.42 Å². The SMILES string of the molecule is Cn1cc(-c2ccc3cnc(CC(=O)c4csc(N5CCN(CCF)CC5)n4)cc3c2)cn1. The van der Waals surface area contributed by atoms with E-state index in [1.807, 2.05) is 43.2 Å². The number of hydrogen-bond donors (Lipinski definition) is 0. The minimum atomic E-state index is -0.316. The molecule has 0 amide bonds. The van der Waals surface area contributed by atoms with E-state index in [1.54, 1.807) is 4.68 Å². The third-order valence-electron chi connectivity index (χ3n) is 5.98. The van der Waals surface area contributed by atoms with E-state index in [9.17, 15) is 9.18 Å². The number of benzene rings is 1. The van der Waals surface area contributed by atoms with Crippen LogP contribution < -0.4 is 4.90 Å². The monoisotopic (exact) mass is 464 g/mol. The zero-order chi connectivity index (χ0) is 22.8. The molecule has 0 bridgehead atoms. The number of alkyl halides is 1. The molecule has 7 nitrogen and oxygen atoms in total. The van der Waals surface area contributed by atoms with Crippen molar-refractivity contribution in [3.8, 4) is 11.1 Å². The number of thiazole rings is 1. The molecule has 1 aliphatic rings. The Hall–Kier alpha value is -3.17. The normalized spacial score (nSPS) is 14.8. The number of carbonyl (C=O) groups is 1. The van der Waals surface area contributed by atoms with Crippen molar-refractivity contribution < 1.29 is 9.18 Å². The summed E-state index contributed by atoms with van der Waals surface area (Å²) < 4.78 is 14.3. The molecule has 1 aliphatic heterocycles.